The fourth-order valence-corrected chi connectivity index (χ4v) is 13.9. The number of anilines is 4. The second-order valence-electron chi connectivity index (χ2n) is 23.9. The van der Waals surface area contributed by atoms with Crippen molar-refractivity contribution in [1.29, 1.82) is 0 Å². The molecule has 2 aliphatic rings. The number of aromatic nitrogens is 2. The van der Waals surface area contributed by atoms with Gasteiger partial charge in [0.25, 0.3) is 0 Å². The fourth-order valence-electron chi connectivity index (χ4n) is 13.9. The number of rotatable bonds is 11. The van der Waals surface area contributed by atoms with Crippen molar-refractivity contribution in [2.75, 3.05) is 9.80 Å². The van der Waals surface area contributed by atoms with Crippen LogP contribution in [-0.2, 0) is 31.9 Å². The van der Waals surface area contributed by atoms with Gasteiger partial charge < -0.3 is 19.1 Å². The van der Waals surface area contributed by atoms with Crippen LogP contribution in [0, 0.1) is 18.8 Å². The third-order valence-corrected chi connectivity index (χ3v) is 17.8. The Balaban J connectivity index is 0.00000663. The van der Waals surface area contributed by atoms with E-state index in [4.69, 9.17) is 9.72 Å². The molecule has 0 N–H and O–H groups in total. The maximum atomic E-state index is 7.01. The van der Waals surface area contributed by atoms with Crippen LogP contribution in [-0.4, -0.2) is 9.55 Å². The van der Waals surface area contributed by atoms with Crippen LogP contribution in [0.1, 0.15) is 48.6 Å². The maximum Gasteiger partial charge on any atom is 0.135 e. The van der Waals surface area contributed by atoms with Crippen LogP contribution in [0.3, 0.4) is 0 Å². The number of hydrogen-bond acceptors (Lipinski definition) is 4. The molecule has 2 aromatic heterocycles. The Labute approximate surface area is 534 Å². The molecule has 1 aliphatic heterocycles. The summed E-state index contributed by atoms with van der Waals surface area (Å²) >= 11 is 0. The molecule has 5 nitrogen and oxygen atoms in total. The summed E-state index contributed by atoms with van der Waals surface area (Å²) in [6.07, 6.45) is 1.95. The molecule has 0 saturated carbocycles. The van der Waals surface area contributed by atoms with Gasteiger partial charge in [0.2, 0.25) is 0 Å². The van der Waals surface area contributed by atoms with E-state index in [2.05, 4.69) is 333 Å². The molecular weight excluding hydrogens is 1260 g/mol. The van der Waals surface area contributed by atoms with Crippen molar-refractivity contribution in [3.8, 4) is 73.0 Å². The third kappa shape index (κ3) is 9.22. The van der Waals surface area contributed by atoms with E-state index in [1.165, 1.54) is 38.9 Å². The quantitative estimate of drug-likeness (QED) is 0.121. The van der Waals surface area contributed by atoms with Gasteiger partial charge in [-0.05, 0) is 102 Å². The van der Waals surface area contributed by atoms with Gasteiger partial charge in [-0.3, -0.25) is 0 Å². The number of para-hydroxylation sites is 3. The predicted molar refractivity (Wildman–Crippen MR) is 362 cm³/mol. The van der Waals surface area contributed by atoms with Crippen molar-refractivity contribution in [2.45, 2.75) is 31.6 Å². The van der Waals surface area contributed by atoms with Crippen molar-refractivity contribution >= 4 is 44.6 Å². The van der Waals surface area contributed by atoms with E-state index in [9.17, 15) is 0 Å². The van der Waals surface area contributed by atoms with Gasteiger partial charge in [0, 0.05) is 78.0 Å². The first kappa shape index (κ1) is 55.3. The van der Waals surface area contributed by atoms with Crippen LogP contribution in [0.4, 0.5) is 22.7 Å². The number of hydrogen-bond donors (Lipinski definition) is 0. The molecule has 16 rings (SSSR count). The molecule has 1 aliphatic carbocycles. The smallest absolute Gasteiger partial charge is 0.135 e. The number of benzene rings is 12. The molecule has 0 atom stereocenters. The number of pyridine rings is 1. The van der Waals surface area contributed by atoms with Crippen LogP contribution < -0.4 is 14.5 Å². The van der Waals surface area contributed by atoms with Gasteiger partial charge in [-0.15, -0.1) is 48.1 Å². The van der Waals surface area contributed by atoms with E-state index in [1.807, 2.05) is 18.3 Å². The largest absolute Gasteiger partial charge is 0.509 e. The summed E-state index contributed by atoms with van der Waals surface area (Å²) in [5.74, 6) is 1.95. The minimum atomic E-state index is -0.582. The molecule has 0 radical (unpaired) electrons. The number of ether oxygens (including phenoxy) is 1. The number of nitrogens with zero attached hydrogens (tertiary/aromatic N) is 4. The fraction of sp³-hybridized carbons (Fsp3) is 0.0602. The summed E-state index contributed by atoms with van der Waals surface area (Å²) in [6.45, 7) is 8.99. The summed E-state index contributed by atoms with van der Waals surface area (Å²) < 4.78 is 9.35. The molecule has 6 heteroatoms. The molecule has 0 unspecified atom stereocenters. The summed E-state index contributed by atoms with van der Waals surface area (Å²) in [5.41, 5.74) is 22.8. The van der Waals surface area contributed by atoms with Gasteiger partial charge in [0.05, 0.1) is 5.41 Å². The van der Waals surface area contributed by atoms with E-state index in [1.54, 1.807) is 0 Å². The Bertz CT molecular complexity index is 4830. The van der Waals surface area contributed by atoms with Crippen LogP contribution in [0.15, 0.2) is 297 Å². The van der Waals surface area contributed by atoms with Crippen molar-refractivity contribution in [3.05, 3.63) is 344 Å². The molecule has 3 heterocycles. The number of fused-ring (bicyclic) bond motifs is 8. The van der Waals surface area contributed by atoms with Crippen molar-refractivity contribution in [3.63, 3.8) is 0 Å². The van der Waals surface area contributed by atoms with E-state index >= 15 is 0 Å². The average molecular weight is 1320 g/mol. The topological polar surface area (TPSA) is 33.5 Å². The van der Waals surface area contributed by atoms with Gasteiger partial charge in [0.15, 0.2) is 0 Å². The molecule has 0 bridgehead atoms. The zero-order valence-electron chi connectivity index (χ0n) is 49.4. The van der Waals surface area contributed by atoms with Gasteiger partial charge in [-0.1, -0.05) is 263 Å². The SMILES string of the molecule is CC(C)(C)c1ccnc(-n2c3[c-]c(Oc4[c-]c(N5[CH-]N(c6c(-c7ccccc7-c7ccccc7)cccc6-c6ccccc6-c6ccccc6)c6ccccc65)ccc4)ccc3c3ccc4c(c32)-c2ccccc2C4(c2ccccc2)c2ccccc2)c1.[Pt]. The summed E-state index contributed by atoms with van der Waals surface area (Å²) in [4.78, 5) is 9.81. The van der Waals surface area contributed by atoms with E-state index in [0.29, 0.717) is 11.5 Å². The Morgan fingerprint density at radius 3 is 1.55 bits per heavy atom. The summed E-state index contributed by atoms with van der Waals surface area (Å²) in [6, 6.07) is 112. The first-order valence-electron chi connectivity index (χ1n) is 30.2. The Kier molecular flexibility index (Phi) is 13.9. The minimum Gasteiger partial charge on any atom is -0.509 e. The van der Waals surface area contributed by atoms with Gasteiger partial charge in [-0.2, -0.15) is 12.1 Å². The minimum absolute atomic E-state index is 0. The van der Waals surface area contributed by atoms with E-state index in [-0.39, 0.29) is 26.5 Å². The van der Waals surface area contributed by atoms with Crippen molar-refractivity contribution in [2.24, 2.45) is 0 Å². The molecule has 89 heavy (non-hydrogen) atoms. The normalized spacial score (nSPS) is 13.0. The van der Waals surface area contributed by atoms with Gasteiger partial charge in [-0.25, -0.2) is 4.98 Å². The van der Waals surface area contributed by atoms with Crippen molar-refractivity contribution < 1.29 is 25.8 Å². The molecule has 14 aromatic rings. The predicted octanol–water partition coefficient (Wildman–Crippen LogP) is 21.3. The van der Waals surface area contributed by atoms with E-state index in [0.717, 1.165) is 94.9 Å². The third-order valence-electron chi connectivity index (χ3n) is 17.8. The van der Waals surface area contributed by atoms with Crippen LogP contribution >= 0.6 is 0 Å². The zero-order chi connectivity index (χ0) is 58.9. The molecule has 0 spiro atoms. The zero-order valence-corrected chi connectivity index (χ0v) is 51.7. The molecule has 0 fully saturated rings. The molecular formula is C83H59N4OPt-3. The second kappa shape index (κ2) is 22.4. The molecule has 0 amide bonds. The second-order valence-corrected chi connectivity index (χ2v) is 23.9. The van der Waals surface area contributed by atoms with Crippen molar-refractivity contribution in [1.82, 2.24) is 9.55 Å². The Morgan fingerprint density at radius 1 is 0.427 bits per heavy atom. The Morgan fingerprint density at radius 2 is 0.933 bits per heavy atom. The summed E-state index contributed by atoms with van der Waals surface area (Å²) in [7, 11) is 0. The Hall–Kier alpha value is -10.3. The maximum absolute atomic E-state index is 7.01. The standard InChI is InChI=1S/C83H59N4O.Pt/c1-82(2,3)60-50-51-84-78(52-60)87-77-54-63(46-47-68(77)71-48-49-74-79(81(71)87)72-40-20-21-43-73(72)83(74,58-30-12-6-13-31-58)59-32-14-7-15-33-59)88-62-35-24-34-61(53-62)85-55-86(76-45-23-22-44-75(76)85)80-69(66-38-18-16-36-64(66)56-26-8-4-9-27-56)41-25-42-70(80)67-39-19-17-37-65(67)57-28-10-5-11-29-57;/h4-52,55H,1-3H3;/q-3;. The van der Waals surface area contributed by atoms with Gasteiger partial charge in [0.1, 0.15) is 5.82 Å². The summed E-state index contributed by atoms with van der Waals surface area (Å²) in [5, 5.41) is 2.17. The van der Waals surface area contributed by atoms with E-state index < -0.39 is 5.41 Å². The first-order valence-corrected chi connectivity index (χ1v) is 30.2. The molecule has 0 saturated heterocycles. The first-order chi connectivity index (χ1) is 43.3. The van der Waals surface area contributed by atoms with Crippen LogP contribution in [0.25, 0.3) is 83.3 Å². The van der Waals surface area contributed by atoms with Crippen LogP contribution in [0.2, 0.25) is 0 Å². The molecule has 430 valence electrons. The molecule has 12 aromatic carbocycles. The average Bonchev–Trinajstić information content (AvgIpc) is 1.54. The van der Waals surface area contributed by atoms with Crippen LogP contribution in [0.5, 0.6) is 11.5 Å². The van der Waals surface area contributed by atoms with Gasteiger partial charge >= 0.3 is 0 Å². The monoisotopic (exact) mass is 1320 g/mol.